The van der Waals surface area contributed by atoms with Gasteiger partial charge in [0.25, 0.3) is 0 Å². The maximum absolute atomic E-state index is 9.24. The molecule has 0 radical (unpaired) electrons. The second-order valence-corrected chi connectivity index (χ2v) is 5.76. The van der Waals surface area contributed by atoms with E-state index in [-0.39, 0.29) is 6.04 Å². The molecule has 1 atom stereocenters. The molecule has 0 bridgehead atoms. The normalized spacial score (nSPS) is 14.2. The van der Waals surface area contributed by atoms with Crippen molar-refractivity contribution in [3.63, 3.8) is 0 Å². The fourth-order valence-electron chi connectivity index (χ4n) is 1.92. The van der Waals surface area contributed by atoms with Gasteiger partial charge in [0.15, 0.2) is 0 Å². The molecule has 0 amide bonds. The standard InChI is InChI=1S/C16H24N2O/c1-12(2)14-6-8-15(9-7-14)19-11-16(5,10-17)18-13(3)4/h6-9,12-13,18H,11H2,1-5H3. The van der Waals surface area contributed by atoms with Crippen molar-refractivity contribution in [3.05, 3.63) is 29.8 Å². The zero-order valence-corrected chi connectivity index (χ0v) is 12.5. The van der Waals surface area contributed by atoms with E-state index in [1.54, 1.807) is 0 Å². The van der Waals surface area contributed by atoms with Gasteiger partial charge >= 0.3 is 0 Å². The molecular formula is C16H24N2O. The van der Waals surface area contributed by atoms with Crippen LogP contribution in [0.3, 0.4) is 0 Å². The van der Waals surface area contributed by atoms with E-state index in [2.05, 4.69) is 37.4 Å². The SMILES string of the molecule is CC(C)NC(C)(C#N)COc1ccc(C(C)C)cc1. The number of benzene rings is 1. The summed E-state index contributed by atoms with van der Waals surface area (Å²) in [6.45, 7) is 10.6. The summed E-state index contributed by atoms with van der Waals surface area (Å²) in [5.41, 5.74) is 0.626. The molecule has 3 nitrogen and oxygen atoms in total. The summed E-state index contributed by atoms with van der Waals surface area (Å²) < 4.78 is 5.71. The minimum atomic E-state index is -0.662. The molecule has 0 aliphatic carbocycles. The Labute approximate surface area is 116 Å². The number of ether oxygens (including phenoxy) is 1. The minimum absolute atomic E-state index is 0.247. The molecule has 0 saturated heterocycles. The van der Waals surface area contributed by atoms with Crippen molar-refractivity contribution >= 4 is 0 Å². The second-order valence-electron chi connectivity index (χ2n) is 5.76. The first-order chi connectivity index (χ1) is 8.86. The number of nitrogens with zero attached hydrogens (tertiary/aromatic N) is 1. The van der Waals surface area contributed by atoms with Crippen LogP contribution in [0.5, 0.6) is 5.75 Å². The lowest BCUT2D eigenvalue weighted by Crippen LogP contribution is -2.49. The smallest absolute Gasteiger partial charge is 0.138 e. The Bertz CT molecular complexity index is 431. The molecule has 0 heterocycles. The number of nitrogens with one attached hydrogen (secondary N) is 1. The molecule has 0 fully saturated rings. The molecule has 1 rings (SSSR count). The molecule has 1 aromatic carbocycles. The Morgan fingerprint density at radius 1 is 1.21 bits per heavy atom. The second kappa shape index (κ2) is 6.58. The molecular weight excluding hydrogens is 236 g/mol. The van der Waals surface area contributed by atoms with Gasteiger partial charge in [-0.3, -0.25) is 5.32 Å². The van der Waals surface area contributed by atoms with E-state index in [0.29, 0.717) is 12.5 Å². The molecule has 1 aromatic rings. The van der Waals surface area contributed by atoms with Crippen molar-refractivity contribution in [2.75, 3.05) is 6.61 Å². The molecule has 0 spiro atoms. The van der Waals surface area contributed by atoms with Crippen LogP contribution in [0.4, 0.5) is 0 Å². The van der Waals surface area contributed by atoms with Crippen LogP contribution >= 0.6 is 0 Å². The third-order valence-corrected chi connectivity index (χ3v) is 2.93. The molecule has 1 N–H and O–H groups in total. The van der Waals surface area contributed by atoms with Crippen molar-refractivity contribution in [1.29, 1.82) is 5.26 Å². The Balaban J connectivity index is 2.63. The van der Waals surface area contributed by atoms with Crippen LogP contribution in [0.25, 0.3) is 0 Å². The Hall–Kier alpha value is -1.53. The highest BCUT2D eigenvalue weighted by Gasteiger charge is 2.25. The molecule has 1 unspecified atom stereocenters. The van der Waals surface area contributed by atoms with E-state index >= 15 is 0 Å². The van der Waals surface area contributed by atoms with Crippen LogP contribution in [0.15, 0.2) is 24.3 Å². The van der Waals surface area contributed by atoms with Gasteiger partial charge in [-0.2, -0.15) is 5.26 Å². The summed E-state index contributed by atoms with van der Waals surface area (Å²) in [6.07, 6.45) is 0. The summed E-state index contributed by atoms with van der Waals surface area (Å²) >= 11 is 0. The van der Waals surface area contributed by atoms with Gasteiger partial charge in [-0.05, 0) is 44.4 Å². The summed E-state index contributed by atoms with van der Waals surface area (Å²) in [4.78, 5) is 0. The predicted octanol–water partition coefficient (Wildman–Crippen LogP) is 3.47. The summed E-state index contributed by atoms with van der Waals surface area (Å²) in [5, 5.41) is 12.5. The van der Waals surface area contributed by atoms with E-state index in [4.69, 9.17) is 4.74 Å². The lowest BCUT2D eigenvalue weighted by Gasteiger charge is -2.25. The van der Waals surface area contributed by atoms with Crippen LogP contribution in [0.1, 0.15) is 46.1 Å². The molecule has 3 heteroatoms. The average molecular weight is 260 g/mol. The monoisotopic (exact) mass is 260 g/mol. The summed E-state index contributed by atoms with van der Waals surface area (Å²) in [6, 6.07) is 10.6. The van der Waals surface area contributed by atoms with Gasteiger partial charge in [-0.15, -0.1) is 0 Å². The molecule has 19 heavy (non-hydrogen) atoms. The van der Waals surface area contributed by atoms with E-state index < -0.39 is 5.54 Å². The zero-order valence-electron chi connectivity index (χ0n) is 12.5. The Morgan fingerprint density at radius 3 is 2.21 bits per heavy atom. The van der Waals surface area contributed by atoms with Crippen molar-refractivity contribution in [2.24, 2.45) is 0 Å². The summed E-state index contributed by atoms with van der Waals surface area (Å²) in [7, 11) is 0. The fraction of sp³-hybridized carbons (Fsp3) is 0.562. The largest absolute Gasteiger partial charge is 0.491 e. The third-order valence-electron chi connectivity index (χ3n) is 2.93. The maximum atomic E-state index is 9.24. The minimum Gasteiger partial charge on any atom is -0.491 e. The van der Waals surface area contributed by atoms with Gasteiger partial charge in [0.1, 0.15) is 17.9 Å². The predicted molar refractivity (Wildman–Crippen MR) is 78.3 cm³/mol. The van der Waals surface area contributed by atoms with Crippen LogP contribution in [-0.2, 0) is 0 Å². The van der Waals surface area contributed by atoms with E-state index in [1.807, 2.05) is 32.9 Å². The van der Waals surface area contributed by atoms with Gasteiger partial charge in [-0.25, -0.2) is 0 Å². The van der Waals surface area contributed by atoms with Gasteiger partial charge in [-0.1, -0.05) is 26.0 Å². The van der Waals surface area contributed by atoms with Crippen molar-refractivity contribution < 1.29 is 4.74 Å². The number of rotatable bonds is 6. The van der Waals surface area contributed by atoms with Gasteiger partial charge in [0.2, 0.25) is 0 Å². The van der Waals surface area contributed by atoms with Crippen LogP contribution in [0, 0.1) is 11.3 Å². The van der Waals surface area contributed by atoms with Crippen LogP contribution < -0.4 is 10.1 Å². The average Bonchev–Trinajstić information content (AvgIpc) is 2.36. The Kier molecular flexibility index (Phi) is 5.38. The van der Waals surface area contributed by atoms with E-state index in [9.17, 15) is 5.26 Å². The first kappa shape index (κ1) is 15.5. The first-order valence-electron chi connectivity index (χ1n) is 6.78. The lowest BCUT2D eigenvalue weighted by molar-refractivity contribution is 0.225. The first-order valence-corrected chi connectivity index (χ1v) is 6.78. The van der Waals surface area contributed by atoms with Crippen molar-refractivity contribution in [2.45, 2.75) is 52.1 Å². The zero-order chi connectivity index (χ0) is 14.5. The van der Waals surface area contributed by atoms with Gasteiger partial charge in [0, 0.05) is 6.04 Å². The highest BCUT2D eigenvalue weighted by molar-refractivity contribution is 5.29. The van der Waals surface area contributed by atoms with Gasteiger partial charge in [0.05, 0.1) is 6.07 Å². The van der Waals surface area contributed by atoms with Crippen molar-refractivity contribution in [3.8, 4) is 11.8 Å². The third kappa shape index (κ3) is 4.92. The molecule has 0 saturated carbocycles. The summed E-state index contributed by atoms with van der Waals surface area (Å²) in [5.74, 6) is 1.32. The number of nitriles is 1. The Morgan fingerprint density at radius 2 is 1.79 bits per heavy atom. The van der Waals surface area contributed by atoms with E-state index in [0.717, 1.165) is 5.75 Å². The van der Waals surface area contributed by atoms with Crippen LogP contribution in [0.2, 0.25) is 0 Å². The number of hydrogen-bond donors (Lipinski definition) is 1. The molecule has 0 aliphatic rings. The molecule has 104 valence electrons. The molecule has 0 aliphatic heterocycles. The maximum Gasteiger partial charge on any atom is 0.138 e. The highest BCUT2D eigenvalue weighted by atomic mass is 16.5. The quantitative estimate of drug-likeness (QED) is 0.851. The van der Waals surface area contributed by atoms with Gasteiger partial charge < -0.3 is 4.74 Å². The molecule has 0 aromatic heterocycles. The number of hydrogen-bond acceptors (Lipinski definition) is 3. The van der Waals surface area contributed by atoms with Crippen LogP contribution in [-0.4, -0.2) is 18.2 Å². The van der Waals surface area contributed by atoms with E-state index in [1.165, 1.54) is 5.56 Å². The fourth-order valence-corrected chi connectivity index (χ4v) is 1.92. The van der Waals surface area contributed by atoms with Crippen molar-refractivity contribution in [1.82, 2.24) is 5.32 Å². The topological polar surface area (TPSA) is 45.0 Å². The highest BCUT2D eigenvalue weighted by Crippen LogP contribution is 2.19. The lowest BCUT2D eigenvalue weighted by atomic mass is 10.0.